The van der Waals surface area contributed by atoms with Crippen LogP contribution in [0.2, 0.25) is 0 Å². The molecule has 3 heterocycles. The molecule has 1 aliphatic rings. The Morgan fingerprint density at radius 3 is 2.68 bits per heavy atom. The number of likely N-dealkylation sites (N-methyl/N-ethyl adjacent to an activating group) is 1. The SMILES string of the molecule is CCN1C(=O)c2c(O)c(=O)c(-c3nnc(Cc4ccc(F)cc4)s3)cn2CC1COC. The molecule has 2 aromatic heterocycles. The van der Waals surface area contributed by atoms with Crippen molar-refractivity contribution >= 4 is 17.2 Å². The van der Waals surface area contributed by atoms with Crippen molar-refractivity contribution in [3.05, 3.63) is 62.8 Å². The van der Waals surface area contributed by atoms with Crippen LogP contribution in [0.3, 0.4) is 0 Å². The molecule has 8 nitrogen and oxygen atoms in total. The smallest absolute Gasteiger partial charge is 0.274 e. The molecular formula is C21H21FN4O4S. The maximum Gasteiger partial charge on any atom is 0.274 e. The number of amides is 1. The maximum absolute atomic E-state index is 13.1. The molecule has 10 heteroatoms. The lowest BCUT2D eigenvalue weighted by Gasteiger charge is -2.36. The van der Waals surface area contributed by atoms with E-state index >= 15 is 0 Å². The van der Waals surface area contributed by atoms with E-state index in [1.807, 2.05) is 6.92 Å². The zero-order chi connectivity index (χ0) is 22.1. The molecule has 0 radical (unpaired) electrons. The monoisotopic (exact) mass is 444 g/mol. The number of nitrogens with zero attached hydrogens (tertiary/aromatic N) is 4. The Labute approximate surface area is 181 Å². The van der Waals surface area contributed by atoms with Gasteiger partial charge in [-0.2, -0.15) is 0 Å². The van der Waals surface area contributed by atoms with Crippen molar-refractivity contribution in [3.63, 3.8) is 0 Å². The van der Waals surface area contributed by atoms with E-state index in [4.69, 9.17) is 4.74 Å². The van der Waals surface area contributed by atoms with Gasteiger partial charge in [-0.05, 0) is 24.6 Å². The first-order chi connectivity index (χ1) is 14.9. The number of benzene rings is 1. The normalized spacial score (nSPS) is 15.9. The zero-order valence-corrected chi connectivity index (χ0v) is 17.9. The average Bonchev–Trinajstić information content (AvgIpc) is 3.21. The van der Waals surface area contributed by atoms with Crippen molar-refractivity contribution in [1.29, 1.82) is 0 Å². The van der Waals surface area contributed by atoms with Crippen molar-refractivity contribution in [2.75, 3.05) is 20.3 Å². The zero-order valence-electron chi connectivity index (χ0n) is 17.0. The number of fused-ring (bicyclic) bond motifs is 1. The highest BCUT2D eigenvalue weighted by Crippen LogP contribution is 2.29. The van der Waals surface area contributed by atoms with E-state index in [0.717, 1.165) is 5.56 Å². The van der Waals surface area contributed by atoms with Gasteiger partial charge in [0.2, 0.25) is 5.43 Å². The van der Waals surface area contributed by atoms with Crippen LogP contribution in [-0.4, -0.2) is 57.0 Å². The molecule has 0 spiro atoms. The van der Waals surface area contributed by atoms with E-state index in [-0.39, 0.29) is 23.1 Å². The lowest BCUT2D eigenvalue weighted by atomic mass is 10.1. The van der Waals surface area contributed by atoms with Crippen molar-refractivity contribution in [2.24, 2.45) is 0 Å². The fourth-order valence-corrected chi connectivity index (χ4v) is 4.63. The molecule has 0 fully saturated rings. The first kappa shape index (κ1) is 21.1. The van der Waals surface area contributed by atoms with Gasteiger partial charge in [0.15, 0.2) is 16.5 Å². The van der Waals surface area contributed by atoms with Crippen LogP contribution >= 0.6 is 11.3 Å². The Morgan fingerprint density at radius 2 is 2.00 bits per heavy atom. The minimum atomic E-state index is -0.662. The predicted octanol–water partition coefficient (Wildman–Crippen LogP) is 2.29. The standard InChI is InChI=1S/C21H21FN4O4S/c1-3-26-14(11-30-2)9-25-10-15(18(27)19(28)17(25)21(26)29)20-24-23-16(31-20)8-12-4-6-13(22)7-5-12/h4-7,10,14,28H,3,8-9,11H2,1-2H3. The number of aromatic hydroxyl groups is 1. The number of hydrogen-bond donors (Lipinski definition) is 1. The van der Waals surface area contributed by atoms with Gasteiger partial charge in [-0.25, -0.2) is 4.39 Å². The number of hydrogen-bond acceptors (Lipinski definition) is 7. The van der Waals surface area contributed by atoms with Crippen LogP contribution in [0.25, 0.3) is 10.6 Å². The van der Waals surface area contributed by atoms with Gasteiger partial charge in [-0.15, -0.1) is 10.2 Å². The molecule has 162 valence electrons. The van der Waals surface area contributed by atoms with Crippen LogP contribution in [0, 0.1) is 5.82 Å². The third-order valence-electron chi connectivity index (χ3n) is 5.23. The van der Waals surface area contributed by atoms with Crippen molar-refractivity contribution in [1.82, 2.24) is 19.7 Å². The summed E-state index contributed by atoms with van der Waals surface area (Å²) in [6.07, 6.45) is 1.99. The molecule has 1 unspecified atom stereocenters. The summed E-state index contributed by atoms with van der Waals surface area (Å²) < 4.78 is 19.9. The van der Waals surface area contributed by atoms with Gasteiger partial charge >= 0.3 is 0 Å². The lowest BCUT2D eigenvalue weighted by Crippen LogP contribution is -2.50. The molecule has 4 rings (SSSR count). The van der Waals surface area contributed by atoms with E-state index in [2.05, 4.69) is 10.2 Å². The number of ether oxygens (including phenoxy) is 1. The van der Waals surface area contributed by atoms with Crippen LogP contribution in [0.4, 0.5) is 4.39 Å². The summed E-state index contributed by atoms with van der Waals surface area (Å²) in [6.45, 7) is 2.99. The highest BCUT2D eigenvalue weighted by Gasteiger charge is 2.35. The molecule has 1 amide bonds. The summed E-state index contributed by atoms with van der Waals surface area (Å²) >= 11 is 1.22. The van der Waals surface area contributed by atoms with Crippen molar-refractivity contribution < 1.29 is 19.0 Å². The van der Waals surface area contributed by atoms with E-state index < -0.39 is 17.1 Å². The van der Waals surface area contributed by atoms with Gasteiger partial charge in [0, 0.05) is 32.8 Å². The summed E-state index contributed by atoms with van der Waals surface area (Å²) in [5, 5.41) is 19.8. The molecule has 1 atom stereocenters. The van der Waals surface area contributed by atoms with Gasteiger partial charge in [-0.3, -0.25) is 9.59 Å². The molecule has 1 N–H and O–H groups in total. The average molecular weight is 444 g/mol. The number of aromatic nitrogens is 3. The predicted molar refractivity (Wildman–Crippen MR) is 113 cm³/mol. The van der Waals surface area contributed by atoms with Crippen LogP contribution in [-0.2, 0) is 17.7 Å². The topological polar surface area (TPSA) is 97.5 Å². The summed E-state index contributed by atoms with van der Waals surface area (Å²) in [5.74, 6) is -1.32. The van der Waals surface area contributed by atoms with Crippen molar-refractivity contribution in [3.8, 4) is 16.3 Å². The lowest BCUT2D eigenvalue weighted by molar-refractivity contribution is 0.0423. The largest absolute Gasteiger partial charge is 0.503 e. The first-order valence-electron chi connectivity index (χ1n) is 9.76. The Morgan fingerprint density at radius 1 is 1.26 bits per heavy atom. The van der Waals surface area contributed by atoms with Gasteiger partial charge in [0.25, 0.3) is 5.91 Å². The number of halogens is 1. The van der Waals surface area contributed by atoms with E-state index in [1.165, 1.54) is 23.5 Å². The van der Waals surface area contributed by atoms with Crippen LogP contribution in [0.15, 0.2) is 35.3 Å². The van der Waals surface area contributed by atoms with E-state index in [9.17, 15) is 19.1 Å². The van der Waals surface area contributed by atoms with Crippen LogP contribution in [0.1, 0.15) is 28.0 Å². The molecule has 1 aromatic carbocycles. The Balaban J connectivity index is 1.70. The summed E-state index contributed by atoms with van der Waals surface area (Å²) in [4.78, 5) is 27.3. The number of pyridine rings is 1. The number of carbonyl (C=O) groups excluding carboxylic acids is 1. The summed E-state index contributed by atoms with van der Waals surface area (Å²) in [6, 6.07) is 5.86. The molecule has 0 bridgehead atoms. The minimum Gasteiger partial charge on any atom is -0.503 e. The number of rotatable bonds is 6. The van der Waals surface area contributed by atoms with E-state index in [0.29, 0.717) is 36.1 Å². The molecule has 3 aromatic rings. The van der Waals surface area contributed by atoms with Gasteiger partial charge in [0.05, 0.1) is 18.2 Å². The molecule has 0 saturated carbocycles. The molecule has 1 aliphatic heterocycles. The van der Waals surface area contributed by atoms with E-state index in [1.54, 1.807) is 34.9 Å². The second kappa shape index (κ2) is 8.56. The van der Waals surface area contributed by atoms with Crippen LogP contribution < -0.4 is 5.43 Å². The highest BCUT2D eigenvalue weighted by molar-refractivity contribution is 7.14. The summed E-state index contributed by atoms with van der Waals surface area (Å²) in [7, 11) is 1.56. The van der Waals surface area contributed by atoms with Crippen molar-refractivity contribution in [2.45, 2.75) is 25.9 Å². The van der Waals surface area contributed by atoms with Gasteiger partial charge in [0.1, 0.15) is 10.8 Å². The second-order valence-corrected chi connectivity index (χ2v) is 8.29. The van der Waals surface area contributed by atoms with Gasteiger partial charge < -0.3 is 19.3 Å². The number of methoxy groups -OCH3 is 1. The highest BCUT2D eigenvalue weighted by atomic mass is 32.1. The third-order valence-corrected chi connectivity index (χ3v) is 6.19. The fourth-order valence-electron chi connectivity index (χ4n) is 3.75. The third kappa shape index (κ3) is 3.96. The quantitative estimate of drug-likeness (QED) is 0.627. The maximum atomic E-state index is 13.1. The fraction of sp³-hybridized carbons (Fsp3) is 0.333. The molecule has 0 aliphatic carbocycles. The summed E-state index contributed by atoms with van der Waals surface area (Å²) in [5.41, 5.74) is 0.351. The molecule has 0 saturated heterocycles. The van der Waals surface area contributed by atoms with Crippen LogP contribution in [0.5, 0.6) is 5.75 Å². The molecule has 31 heavy (non-hydrogen) atoms. The van der Waals surface area contributed by atoms with Gasteiger partial charge in [-0.1, -0.05) is 23.5 Å². The second-order valence-electron chi connectivity index (χ2n) is 7.23. The Kier molecular flexibility index (Phi) is 5.84. The Bertz CT molecular complexity index is 1180. The Hall–Kier alpha value is -3.11. The number of carbonyl (C=O) groups is 1. The minimum absolute atomic E-state index is 0.0287. The first-order valence-corrected chi connectivity index (χ1v) is 10.6. The molecular weight excluding hydrogens is 423 g/mol.